The molecule has 0 spiro atoms. The first-order chi connectivity index (χ1) is 13.5. The van der Waals surface area contributed by atoms with Gasteiger partial charge in [0.1, 0.15) is 0 Å². The highest BCUT2D eigenvalue weighted by Crippen LogP contribution is 2.18. The van der Waals surface area contributed by atoms with Gasteiger partial charge in [0.25, 0.3) is 0 Å². The number of carbonyl (C=O) groups is 2. The van der Waals surface area contributed by atoms with E-state index in [0.29, 0.717) is 13.2 Å². The number of aryl methyl sites for hydroxylation is 1. The van der Waals surface area contributed by atoms with Crippen LogP contribution in [0.2, 0.25) is 0 Å². The summed E-state index contributed by atoms with van der Waals surface area (Å²) in [5, 5.41) is 10.8. The van der Waals surface area contributed by atoms with E-state index in [2.05, 4.69) is 30.2 Å². The normalized spacial score (nSPS) is 15.4. The Morgan fingerprint density at radius 2 is 1.86 bits per heavy atom. The van der Waals surface area contributed by atoms with Gasteiger partial charge < -0.3 is 10.1 Å². The zero-order valence-corrected chi connectivity index (χ0v) is 16.5. The highest BCUT2D eigenvalue weighted by Gasteiger charge is 2.20. The summed E-state index contributed by atoms with van der Waals surface area (Å²) < 4.78 is 6.25. The Bertz CT molecular complexity index is 842. The maximum Gasteiger partial charge on any atom is 0.360 e. The van der Waals surface area contributed by atoms with E-state index in [4.69, 9.17) is 0 Å². The number of benzene rings is 1. The first kappa shape index (κ1) is 20.0. The number of amides is 1. The number of hydrogen-bond donors (Lipinski definition) is 1. The maximum atomic E-state index is 12.4. The molecular formula is C19H26N6O3. The van der Waals surface area contributed by atoms with Crippen LogP contribution in [0.25, 0.3) is 0 Å². The van der Waals surface area contributed by atoms with Crippen molar-refractivity contribution in [2.75, 3.05) is 45.2 Å². The Labute approximate surface area is 164 Å². The molecule has 1 saturated heterocycles. The summed E-state index contributed by atoms with van der Waals surface area (Å²) in [6.45, 7) is 8.17. The van der Waals surface area contributed by atoms with Crippen LogP contribution in [0.3, 0.4) is 0 Å². The maximum absolute atomic E-state index is 12.4. The van der Waals surface area contributed by atoms with Crippen molar-refractivity contribution in [2.45, 2.75) is 20.5 Å². The summed E-state index contributed by atoms with van der Waals surface area (Å²) in [5.41, 5.74) is 3.33. The van der Waals surface area contributed by atoms with E-state index in [1.54, 1.807) is 10.9 Å². The van der Waals surface area contributed by atoms with Crippen molar-refractivity contribution in [2.24, 2.45) is 0 Å². The molecule has 0 bridgehead atoms. The lowest BCUT2D eigenvalue weighted by molar-refractivity contribution is -0.117. The Morgan fingerprint density at radius 1 is 1.14 bits per heavy atom. The third-order valence-electron chi connectivity index (χ3n) is 4.99. The summed E-state index contributed by atoms with van der Waals surface area (Å²) in [4.78, 5) is 28.2. The van der Waals surface area contributed by atoms with E-state index in [-0.39, 0.29) is 11.6 Å². The van der Waals surface area contributed by atoms with Gasteiger partial charge in [-0.1, -0.05) is 17.3 Å². The number of methoxy groups -OCH3 is 1. The van der Waals surface area contributed by atoms with Crippen molar-refractivity contribution in [3.63, 3.8) is 0 Å². The molecule has 1 aromatic heterocycles. The zero-order valence-electron chi connectivity index (χ0n) is 16.5. The number of nitrogens with zero attached hydrogens (tertiary/aromatic N) is 5. The summed E-state index contributed by atoms with van der Waals surface area (Å²) in [6, 6.07) is 5.92. The van der Waals surface area contributed by atoms with Gasteiger partial charge in [-0.15, -0.1) is 5.10 Å². The number of ether oxygens (including phenoxy) is 1. The van der Waals surface area contributed by atoms with E-state index >= 15 is 0 Å². The van der Waals surface area contributed by atoms with Crippen LogP contribution in [0.1, 0.15) is 21.6 Å². The molecule has 0 unspecified atom stereocenters. The van der Waals surface area contributed by atoms with Crippen molar-refractivity contribution < 1.29 is 14.3 Å². The van der Waals surface area contributed by atoms with Crippen LogP contribution < -0.4 is 5.32 Å². The van der Waals surface area contributed by atoms with Crippen LogP contribution >= 0.6 is 0 Å². The number of aromatic nitrogens is 3. The van der Waals surface area contributed by atoms with Gasteiger partial charge in [0.2, 0.25) is 5.91 Å². The quantitative estimate of drug-likeness (QED) is 0.737. The molecule has 0 saturated carbocycles. The molecule has 150 valence electrons. The number of rotatable bonds is 6. The van der Waals surface area contributed by atoms with Gasteiger partial charge in [0.05, 0.1) is 26.5 Å². The molecule has 2 heterocycles. The van der Waals surface area contributed by atoms with E-state index in [1.807, 2.05) is 32.0 Å². The second-order valence-corrected chi connectivity index (χ2v) is 6.97. The van der Waals surface area contributed by atoms with Crippen LogP contribution in [0.15, 0.2) is 24.4 Å². The predicted molar refractivity (Wildman–Crippen MR) is 104 cm³/mol. The monoisotopic (exact) mass is 386 g/mol. The number of hydrogen-bond acceptors (Lipinski definition) is 7. The molecule has 1 N–H and O–H groups in total. The number of anilines is 1. The molecule has 2 aromatic rings. The third kappa shape index (κ3) is 4.93. The molecule has 0 atom stereocenters. The van der Waals surface area contributed by atoms with Crippen LogP contribution in [0.5, 0.6) is 0 Å². The van der Waals surface area contributed by atoms with Gasteiger partial charge in [0.15, 0.2) is 5.69 Å². The lowest BCUT2D eigenvalue weighted by Gasteiger charge is -2.33. The lowest BCUT2D eigenvalue weighted by atomic mass is 10.1. The molecule has 0 radical (unpaired) electrons. The first-order valence-corrected chi connectivity index (χ1v) is 9.25. The molecule has 1 aromatic carbocycles. The Hall–Kier alpha value is -2.78. The third-order valence-corrected chi connectivity index (χ3v) is 4.99. The SMILES string of the molecule is COC(=O)c1cn(CN2CCN(CC(=O)Nc3cccc(C)c3C)CC2)nn1. The minimum absolute atomic E-state index is 0.00106. The van der Waals surface area contributed by atoms with Crippen LogP contribution in [0.4, 0.5) is 5.69 Å². The molecule has 1 aliphatic heterocycles. The second kappa shape index (κ2) is 8.94. The van der Waals surface area contributed by atoms with Crippen molar-refractivity contribution in [1.82, 2.24) is 24.8 Å². The van der Waals surface area contributed by atoms with Gasteiger partial charge in [-0.3, -0.25) is 14.6 Å². The largest absolute Gasteiger partial charge is 0.464 e. The Balaban J connectivity index is 1.45. The minimum atomic E-state index is -0.495. The van der Waals surface area contributed by atoms with Crippen LogP contribution in [0, 0.1) is 13.8 Å². The number of esters is 1. The molecule has 0 aliphatic carbocycles. The Kier molecular flexibility index (Phi) is 6.37. The first-order valence-electron chi connectivity index (χ1n) is 9.25. The predicted octanol–water partition coefficient (Wildman–Crippen LogP) is 0.895. The minimum Gasteiger partial charge on any atom is -0.464 e. The summed E-state index contributed by atoms with van der Waals surface area (Å²) in [6.07, 6.45) is 1.58. The molecular weight excluding hydrogens is 360 g/mol. The van der Waals surface area contributed by atoms with Crippen LogP contribution in [-0.4, -0.2) is 76.5 Å². The van der Waals surface area contributed by atoms with E-state index in [9.17, 15) is 9.59 Å². The Morgan fingerprint density at radius 3 is 2.57 bits per heavy atom. The fourth-order valence-corrected chi connectivity index (χ4v) is 3.14. The topological polar surface area (TPSA) is 92.6 Å². The van der Waals surface area contributed by atoms with E-state index in [1.165, 1.54) is 7.11 Å². The van der Waals surface area contributed by atoms with Crippen molar-refractivity contribution in [3.05, 3.63) is 41.2 Å². The van der Waals surface area contributed by atoms with Gasteiger partial charge in [-0.05, 0) is 31.0 Å². The smallest absolute Gasteiger partial charge is 0.360 e. The fourth-order valence-electron chi connectivity index (χ4n) is 3.14. The summed E-state index contributed by atoms with van der Waals surface area (Å²) in [5.74, 6) is -0.493. The molecule has 1 amide bonds. The zero-order chi connectivity index (χ0) is 20.1. The fraction of sp³-hybridized carbons (Fsp3) is 0.474. The average molecular weight is 386 g/mol. The van der Waals surface area contributed by atoms with Gasteiger partial charge in [-0.25, -0.2) is 9.48 Å². The summed E-state index contributed by atoms with van der Waals surface area (Å²) >= 11 is 0. The number of nitrogens with one attached hydrogen (secondary N) is 1. The van der Waals surface area contributed by atoms with E-state index < -0.39 is 5.97 Å². The lowest BCUT2D eigenvalue weighted by Crippen LogP contribution is -2.48. The van der Waals surface area contributed by atoms with Crippen molar-refractivity contribution in [3.8, 4) is 0 Å². The van der Waals surface area contributed by atoms with E-state index in [0.717, 1.165) is 43.0 Å². The molecule has 1 fully saturated rings. The average Bonchev–Trinajstić information content (AvgIpc) is 3.15. The molecule has 28 heavy (non-hydrogen) atoms. The number of carbonyl (C=O) groups excluding carboxylic acids is 2. The van der Waals surface area contributed by atoms with Gasteiger partial charge in [-0.2, -0.15) is 0 Å². The molecule has 9 nitrogen and oxygen atoms in total. The summed E-state index contributed by atoms with van der Waals surface area (Å²) in [7, 11) is 1.32. The van der Waals surface area contributed by atoms with Gasteiger partial charge in [0, 0.05) is 31.9 Å². The standard InChI is InChI=1S/C19H26N6O3/c1-14-5-4-6-16(15(14)2)20-18(26)12-23-7-9-24(10-8-23)13-25-11-17(21-22-25)19(27)28-3/h4-6,11H,7-10,12-13H2,1-3H3,(H,20,26). The second-order valence-electron chi connectivity index (χ2n) is 6.97. The van der Waals surface area contributed by atoms with Gasteiger partial charge >= 0.3 is 5.97 Å². The molecule has 1 aliphatic rings. The highest BCUT2D eigenvalue weighted by molar-refractivity contribution is 5.93. The number of piperazine rings is 1. The highest BCUT2D eigenvalue weighted by atomic mass is 16.5. The molecule has 9 heteroatoms. The van der Waals surface area contributed by atoms with Crippen molar-refractivity contribution in [1.29, 1.82) is 0 Å². The molecule has 3 rings (SSSR count). The van der Waals surface area contributed by atoms with Crippen LogP contribution in [-0.2, 0) is 16.2 Å². The van der Waals surface area contributed by atoms with Crippen molar-refractivity contribution >= 4 is 17.6 Å².